The zero-order valence-corrected chi connectivity index (χ0v) is 21.3. The number of fused-ring (bicyclic) bond motifs is 1. The quantitative estimate of drug-likeness (QED) is 0.293. The van der Waals surface area contributed by atoms with Crippen LogP contribution in [0.25, 0.3) is 10.1 Å². The summed E-state index contributed by atoms with van der Waals surface area (Å²) in [5.74, 6) is 1.63. The second-order valence-corrected chi connectivity index (χ2v) is 11.1. The molecule has 0 saturated carbocycles. The zero-order chi connectivity index (χ0) is 21.5. The Bertz CT molecular complexity index is 1050. The van der Waals surface area contributed by atoms with Gasteiger partial charge in [-0.1, -0.05) is 22.0 Å². The average molecular weight is 556 g/mol. The largest absolute Gasteiger partial charge is 0.493 e. The molecule has 2 atom stereocenters. The number of halogens is 2. The third-order valence-electron chi connectivity index (χ3n) is 5.36. The van der Waals surface area contributed by atoms with Gasteiger partial charge in [-0.2, -0.15) is 0 Å². The van der Waals surface area contributed by atoms with Gasteiger partial charge in [0.05, 0.1) is 18.3 Å². The first-order valence-corrected chi connectivity index (χ1v) is 12.5. The molecule has 2 heterocycles. The van der Waals surface area contributed by atoms with E-state index in [1.165, 1.54) is 0 Å². The maximum absolute atomic E-state index is 6.28. The van der Waals surface area contributed by atoms with Crippen molar-refractivity contribution in [1.29, 1.82) is 0 Å². The minimum Gasteiger partial charge on any atom is -0.493 e. The van der Waals surface area contributed by atoms with E-state index < -0.39 is 5.79 Å². The summed E-state index contributed by atoms with van der Waals surface area (Å²) in [4.78, 5) is 0. The fourth-order valence-electron chi connectivity index (χ4n) is 3.51. The average Bonchev–Trinajstić information content (AvgIpc) is 3.12. The molecule has 0 bridgehead atoms. The van der Waals surface area contributed by atoms with Crippen molar-refractivity contribution in [1.82, 2.24) is 0 Å². The lowest BCUT2D eigenvalue weighted by Crippen LogP contribution is -2.31. The first-order valence-electron chi connectivity index (χ1n) is 9.79. The lowest BCUT2D eigenvalue weighted by atomic mass is 10.0. The van der Waals surface area contributed by atoms with Gasteiger partial charge in [-0.05, 0) is 80.0 Å². The molecule has 0 amide bonds. The summed E-state index contributed by atoms with van der Waals surface area (Å²) in [6, 6.07) is 13.9. The Labute approximate surface area is 197 Å². The van der Waals surface area contributed by atoms with Gasteiger partial charge in [0.2, 0.25) is 0 Å². The van der Waals surface area contributed by atoms with Crippen molar-refractivity contribution in [2.45, 2.75) is 45.2 Å². The number of hydrogen-bond donors (Lipinski definition) is 0. The van der Waals surface area contributed by atoms with E-state index in [-0.39, 0.29) is 11.7 Å². The van der Waals surface area contributed by atoms with Crippen LogP contribution in [-0.2, 0) is 15.3 Å². The van der Waals surface area contributed by atoms with Crippen LogP contribution in [0.1, 0.15) is 33.3 Å². The highest BCUT2D eigenvalue weighted by Gasteiger charge is 2.48. The van der Waals surface area contributed by atoms with Gasteiger partial charge in [0, 0.05) is 21.0 Å². The molecule has 1 fully saturated rings. The summed E-state index contributed by atoms with van der Waals surface area (Å²) in [7, 11) is 0. The van der Waals surface area contributed by atoms with E-state index >= 15 is 0 Å². The molecule has 7 heteroatoms. The van der Waals surface area contributed by atoms with E-state index in [0.717, 1.165) is 42.0 Å². The molecule has 0 aliphatic carbocycles. The smallest absolute Gasteiger partial charge is 0.193 e. The Morgan fingerprint density at radius 1 is 1.07 bits per heavy atom. The summed E-state index contributed by atoms with van der Waals surface area (Å²) in [6.07, 6.45) is 0.00800. The second kappa shape index (κ2) is 8.43. The monoisotopic (exact) mass is 554 g/mol. The predicted octanol–water partition coefficient (Wildman–Crippen LogP) is 7.62. The molecule has 30 heavy (non-hydrogen) atoms. The van der Waals surface area contributed by atoms with Gasteiger partial charge in [-0.25, -0.2) is 0 Å². The first-order chi connectivity index (χ1) is 14.2. The summed E-state index contributed by atoms with van der Waals surface area (Å²) in [6.45, 7) is 8.79. The van der Waals surface area contributed by atoms with E-state index in [1.54, 1.807) is 11.3 Å². The highest BCUT2D eigenvalue weighted by Crippen LogP contribution is 2.47. The number of hydrogen-bond acceptors (Lipinski definition) is 5. The Kier molecular flexibility index (Phi) is 6.21. The lowest BCUT2D eigenvalue weighted by molar-refractivity contribution is -0.179. The fourth-order valence-corrected chi connectivity index (χ4v) is 5.39. The molecule has 160 valence electrons. The Morgan fingerprint density at radius 3 is 2.40 bits per heavy atom. The first kappa shape index (κ1) is 22.1. The molecule has 4 nitrogen and oxygen atoms in total. The van der Waals surface area contributed by atoms with Crippen molar-refractivity contribution in [3.05, 3.63) is 51.8 Å². The standard InChI is InChI=1S/C23H24Br2O4S/c1-14-22(2,3)29-23(4,28-14)15-5-10-18-19(13-15)30-21(25)20(18)27-17-8-6-16(7-9-17)26-12-11-24/h5-10,13-14H,11-12H2,1-4H3. The van der Waals surface area contributed by atoms with Crippen molar-refractivity contribution >= 4 is 53.3 Å². The Balaban J connectivity index is 1.60. The summed E-state index contributed by atoms with van der Waals surface area (Å²) in [5.41, 5.74) is 0.666. The van der Waals surface area contributed by atoms with Crippen LogP contribution in [0.4, 0.5) is 0 Å². The number of thiophene rings is 1. The molecular formula is C23H24Br2O4S. The second-order valence-electron chi connectivity index (χ2n) is 7.94. The molecule has 2 aromatic carbocycles. The van der Waals surface area contributed by atoms with E-state index in [2.05, 4.69) is 63.9 Å². The molecule has 0 N–H and O–H groups in total. The third kappa shape index (κ3) is 4.28. The molecular weight excluding hydrogens is 532 g/mol. The van der Waals surface area contributed by atoms with Crippen LogP contribution in [0, 0.1) is 0 Å². The maximum Gasteiger partial charge on any atom is 0.193 e. The molecule has 1 aliphatic heterocycles. The zero-order valence-electron chi connectivity index (χ0n) is 17.3. The van der Waals surface area contributed by atoms with Crippen molar-refractivity contribution in [3.8, 4) is 17.2 Å². The Morgan fingerprint density at radius 2 is 1.77 bits per heavy atom. The molecule has 4 rings (SSSR count). The van der Waals surface area contributed by atoms with Gasteiger partial charge in [0.1, 0.15) is 15.3 Å². The van der Waals surface area contributed by atoms with Crippen LogP contribution in [0.2, 0.25) is 0 Å². The third-order valence-corrected chi connectivity index (χ3v) is 7.45. The Hall–Kier alpha value is -1.12. The van der Waals surface area contributed by atoms with Gasteiger partial charge in [0.15, 0.2) is 11.5 Å². The SMILES string of the molecule is CC1OC(C)(c2ccc3c(Oc4ccc(OCCBr)cc4)c(Br)sc3c2)OC1(C)C. The van der Waals surface area contributed by atoms with E-state index in [0.29, 0.717) is 6.61 Å². The van der Waals surface area contributed by atoms with E-state index in [9.17, 15) is 0 Å². The highest BCUT2D eigenvalue weighted by molar-refractivity contribution is 9.11. The van der Waals surface area contributed by atoms with Crippen LogP contribution in [0.3, 0.4) is 0 Å². The number of alkyl halides is 1. The number of ether oxygens (including phenoxy) is 4. The van der Waals surface area contributed by atoms with Crippen LogP contribution >= 0.6 is 43.2 Å². The van der Waals surface area contributed by atoms with E-state index in [4.69, 9.17) is 18.9 Å². The van der Waals surface area contributed by atoms with Crippen molar-refractivity contribution in [3.63, 3.8) is 0 Å². The lowest BCUT2D eigenvalue weighted by Gasteiger charge is -2.26. The topological polar surface area (TPSA) is 36.9 Å². The minimum absolute atomic E-state index is 0.00800. The molecule has 0 radical (unpaired) electrons. The van der Waals surface area contributed by atoms with Gasteiger partial charge in [-0.15, -0.1) is 11.3 Å². The normalized spacial score (nSPS) is 23.1. The molecule has 0 spiro atoms. The molecule has 1 aromatic heterocycles. The summed E-state index contributed by atoms with van der Waals surface area (Å²) >= 11 is 8.66. The van der Waals surface area contributed by atoms with Crippen molar-refractivity contribution in [2.24, 2.45) is 0 Å². The predicted molar refractivity (Wildman–Crippen MR) is 128 cm³/mol. The van der Waals surface area contributed by atoms with Crippen LogP contribution in [-0.4, -0.2) is 23.6 Å². The number of rotatable bonds is 6. The van der Waals surface area contributed by atoms with Gasteiger partial charge >= 0.3 is 0 Å². The van der Waals surface area contributed by atoms with Crippen molar-refractivity contribution in [2.75, 3.05) is 11.9 Å². The van der Waals surface area contributed by atoms with Gasteiger partial charge in [-0.3, -0.25) is 0 Å². The van der Waals surface area contributed by atoms with Crippen LogP contribution < -0.4 is 9.47 Å². The summed E-state index contributed by atoms with van der Waals surface area (Å²) < 4.78 is 26.3. The number of benzene rings is 2. The highest BCUT2D eigenvalue weighted by atomic mass is 79.9. The summed E-state index contributed by atoms with van der Waals surface area (Å²) in [5, 5.41) is 1.84. The van der Waals surface area contributed by atoms with Crippen molar-refractivity contribution < 1.29 is 18.9 Å². The van der Waals surface area contributed by atoms with Crippen LogP contribution in [0.15, 0.2) is 46.3 Å². The molecule has 2 unspecified atom stereocenters. The minimum atomic E-state index is -0.764. The van der Waals surface area contributed by atoms with Gasteiger partial charge in [0.25, 0.3) is 0 Å². The maximum atomic E-state index is 6.28. The fraction of sp³-hybridized carbons (Fsp3) is 0.391. The molecule has 1 saturated heterocycles. The molecule has 3 aromatic rings. The van der Waals surface area contributed by atoms with Gasteiger partial charge < -0.3 is 18.9 Å². The van der Waals surface area contributed by atoms with E-state index in [1.807, 2.05) is 38.1 Å². The molecule has 1 aliphatic rings. The van der Waals surface area contributed by atoms with Crippen LogP contribution in [0.5, 0.6) is 17.2 Å².